The number of terminal acetylenes is 1. The number of carbonyl (C=O) groups is 1. The van der Waals surface area contributed by atoms with E-state index in [1.807, 2.05) is 6.92 Å². The van der Waals surface area contributed by atoms with Gasteiger partial charge in [0.2, 0.25) is 0 Å². The molecule has 13 heavy (non-hydrogen) atoms. The van der Waals surface area contributed by atoms with Crippen LogP contribution in [0.2, 0.25) is 0 Å². The Morgan fingerprint density at radius 3 is 2.85 bits per heavy atom. The van der Waals surface area contributed by atoms with Gasteiger partial charge in [0, 0.05) is 4.88 Å². The smallest absolute Gasteiger partial charge is 0.342 e. The minimum atomic E-state index is -0.387. The first-order chi connectivity index (χ1) is 6.16. The summed E-state index contributed by atoms with van der Waals surface area (Å²) in [5.41, 5.74) is 1.24. The van der Waals surface area contributed by atoms with Crippen molar-refractivity contribution >= 4 is 17.5 Å². The lowest BCUT2D eigenvalue weighted by Gasteiger charge is -1.99. The number of carbonyl (C=O) groups excluding carboxylic acids is 1. The minimum absolute atomic E-state index is 0.00750. The van der Waals surface area contributed by atoms with Crippen molar-refractivity contribution < 1.29 is 9.53 Å². The zero-order chi connectivity index (χ0) is 9.84. The Morgan fingerprint density at radius 2 is 2.38 bits per heavy atom. The lowest BCUT2D eigenvalue weighted by atomic mass is 10.2. The van der Waals surface area contributed by atoms with Crippen LogP contribution in [0, 0.1) is 26.2 Å². The van der Waals surface area contributed by atoms with Crippen LogP contribution >= 0.6 is 11.5 Å². The lowest BCUT2D eigenvalue weighted by Crippen LogP contribution is -2.07. The van der Waals surface area contributed by atoms with Gasteiger partial charge in [0.1, 0.15) is 0 Å². The number of nitrogens with zero attached hydrogens (tertiary/aromatic N) is 1. The lowest BCUT2D eigenvalue weighted by molar-refractivity contribution is 0.0555. The van der Waals surface area contributed by atoms with Crippen LogP contribution < -0.4 is 0 Å². The maximum absolute atomic E-state index is 11.4. The van der Waals surface area contributed by atoms with E-state index in [0.717, 1.165) is 4.88 Å². The molecular formula is C9H9NO2S. The molecule has 0 saturated heterocycles. The van der Waals surface area contributed by atoms with Gasteiger partial charge in [0.25, 0.3) is 0 Å². The van der Waals surface area contributed by atoms with E-state index in [4.69, 9.17) is 11.2 Å². The second-order valence-corrected chi connectivity index (χ2v) is 3.46. The molecule has 1 heterocycles. The summed E-state index contributed by atoms with van der Waals surface area (Å²) >= 11 is 1.29. The molecule has 0 spiro atoms. The molecule has 0 unspecified atom stereocenters. The van der Waals surface area contributed by atoms with Crippen molar-refractivity contribution in [1.82, 2.24) is 4.37 Å². The van der Waals surface area contributed by atoms with Crippen LogP contribution in [0.5, 0.6) is 0 Å². The zero-order valence-corrected chi connectivity index (χ0v) is 8.27. The first-order valence-corrected chi connectivity index (χ1v) is 4.47. The summed E-state index contributed by atoms with van der Waals surface area (Å²) in [6, 6.07) is 0. The number of aryl methyl sites for hydroxylation is 2. The SMILES string of the molecule is C#CCOC(=O)c1c(C)nsc1C. The average molecular weight is 195 g/mol. The molecule has 0 aliphatic carbocycles. The maximum Gasteiger partial charge on any atom is 0.342 e. The fourth-order valence-electron chi connectivity index (χ4n) is 0.954. The van der Waals surface area contributed by atoms with Gasteiger partial charge in [-0.25, -0.2) is 4.79 Å². The quantitative estimate of drug-likeness (QED) is 0.531. The molecule has 0 N–H and O–H groups in total. The van der Waals surface area contributed by atoms with Gasteiger partial charge in [-0.1, -0.05) is 5.92 Å². The number of hydrogen-bond acceptors (Lipinski definition) is 4. The van der Waals surface area contributed by atoms with Crippen LogP contribution in [0.4, 0.5) is 0 Å². The first kappa shape index (κ1) is 9.75. The molecule has 0 aliphatic heterocycles. The standard InChI is InChI=1S/C9H9NO2S/c1-4-5-12-9(11)8-6(2)10-13-7(8)3/h1H,5H2,2-3H3. The molecule has 1 aromatic rings. The Hall–Kier alpha value is -1.34. The molecule has 0 bridgehead atoms. The van der Waals surface area contributed by atoms with Crippen molar-refractivity contribution in [1.29, 1.82) is 0 Å². The third-order valence-corrected chi connectivity index (χ3v) is 2.37. The summed E-state index contributed by atoms with van der Waals surface area (Å²) in [6.07, 6.45) is 4.97. The van der Waals surface area contributed by atoms with Crippen LogP contribution in [-0.2, 0) is 4.74 Å². The van der Waals surface area contributed by atoms with E-state index in [2.05, 4.69) is 10.3 Å². The maximum atomic E-state index is 11.4. The summed E-state index contributed by atoms with van der Waals surface area (Å²) in [6.45, 7) is 3.61. The summed E-state index contributed by atoms with van der Waals surface area (Å²) < 4.78 is 8.82. The molecule has 0 amide bonds. The molecule has 0 fully saturated rings. The van der Waals surface area contributed by atoms with Gasteiger partial charge in [-0.3, -0.25) is 0 Å². The molecular weight excluding hydrogens is 186 g/mol. The van der Waals surface area contributed by atoms with E-state index in [1.165, 1.54) is 11.5 Å². The fraction of sp³-hybridized carbons (Fsp3) is 0.333. The van der Waals surface area contributed by atoms with Crippen LogP contribution in [0.3, 0.4) is 0 Å². The third-order valence-electron chi connectivity index (χ3n) is 1.52. The number of esters is 1. The topological polar surface area (TPSA) is 39.2 Å². The van der Waals surface area contributed by atoms with E-state index in [1.54, 1.807) is 6.92 Å². The fourth-order valence-corrected chi connectivity index (χ4v) is 1.64. The summed E-state index contributed by atoms with van der Waals surface area (Å²) in [5, 5.41) is 0. The van der Waals surface area contributed by atoms with E-state index < -0.39 is 0 Å². The predicted octanol–water partition coefficient (Wildman–Crippen LogP) is 1.55. The molecule has 0 aromatic carbocycles. The summed E-state index contributed by atoms with van der Waals surface area (Å²) in [7, 11) is 0. The Labute approximate surface area is 80.9 Å². The van der Waals surface area contributed by atoms with Crippen molar-refractivity contribution in [2.75, 3.05) is 6.61 Å². The molecule has 1 rings (SSSR count). The highest BCUT2D eigenvalue weighted by Crippen LogP contribution is 2.17. The van der Waals surface area contributed by atoms with Gasteiger partial charge in [0.15, 0.2) is 6.61 Å². The van der Waals surface area contributed by atoms with Gasteiger partial charge in [-0.15, -0.1) is 6.42 Å². The van der Waals surface area contributed by atoms with Crippen molar-refractivity contribution in [2.24, 2.45) is 0 Å². The average Bonchev–Trinajstić information content (AvgIpc) is 2.42. The Morgan fingerprint density at radius 1 is 1.69 bits per heavy atom. The van der Waals surface area contributed by atoms with Crippen LogP contribution in [0.25, 0.3) is 0 Å². The molecule has 4 heteroatoms. The molecule has 1 aromatic heterocycles. The number of hydrogen-bond donors (Lipinski definition) is 0. The van der Waals surface area contributed by atoms with Crippen molar-refractivity contribution in [3.05, 3.63) is 16.1 Å². The van der Waals surface area contributed by atoms with Gasteiger partial charge in [-0.05, 0) is 25.4 Å². The van der Waals surface area contributed by atoms with Crippen LogP contribution in [0.1, 0.15) is 20.9 Å². The summed E-state index contributed by atoms with van der Waals surface area (Å²) in [5.74, 6) is 1.85. The van der Waals surface area contributed by atoms with Gasteiger partial charge in [-0.2, -0.15) is 4.37 Å². The van der Waals surface area contributed by atoms with Gasteiger partial charge in [0.05, 0.1) is 11.3 Å². The van der Waals surface area contributed by atoms with E-state index in [9.17, 15) is 4.79 Å². The second-order valence-electron chi connectivity index (χ2n) is 2.48. The van der Waals surface area contributed by atoms with Crippen LogP contribution in [-0.4, -0.2) is 16.9 Å². The first-order valence-electron chi connectivity index (χ1n) is 3.70. The Balaban J connectivity index is 2.83. The zero-order valence-electron chi connectivity index (χ0n) is 7.46. The van der Waals surface area contributed by atoms with E-state index in [-0.39, 0.29) is 12.6 Å². The van der Waals surface area contributed by atoms with Gasteiger partial charge < -0.3 is 4.74 Å². The Bertz CT molecular complexity index is 343. The van der Waals surface area contributed by atoms with E-state index >= 15 is 0 Å². The largest absolute Gasteiger partial charge is 0.449 e. The van der Waals surface area contributed by atoms with Crippen molar-refractivity contribution in [2.45, 2.75) is 13.8 Å². The van der Waals surface area contributed by atoms with Crippen molar-refractivity contribution in [3.63, 3.8) is 0 Å². The molecule has 68 valence electrons. The second kappa shape index (κ2) is 4.06. The summed E-state index contributed by atoms with van der Waals surface area (Å²) in [4.78, 5) is 12.2. The molecule has 0 aliphatic rings. The van der Waals surface area contributed by atoms with Gasteiger partial charge >= 0.3 is 5.97 Å². The molecule has 0 atom stereocenters. The highest BCUT2D eigenvalue weighted by atomic mass is 32.1. The minimum Gasteiger partial charge on any atom is -0.449 e. The molecule has 0 saturated carbocycles. The highest BCUT2D eigenvalue weighted by molar-refractivity contribution is 7.06. The molecule has 3 nitrogen and oxygen atoms in total. The number of rotatable bonds is 2. The normalized spacial score (nSPS) is 9.31. The highest BCUT2D eigenvalue weighted by Gasteiger charge is 2.16. The third kappa shape index (κ3) is 2.07. The van der Waals surface area contributed by atoms with Crippen LogP contribution in [0.15, 0.2) is 0 Å². The van der Waals surface area contributed by atoms with E-state index in [0.29, 0.717) is 11.3 Å². The molecule has 0 radical (unpaired) electrons. The van der Waals surface area contributed by atoms with Crippen molar-refractivity contribution in [3.8, 4) is 12.3 Å². The monoisotopic (exact) mass is 195 g/mol. The number of aromatic nitrogens is 1. The number of ether oxygens (including phenoxy) is 1. The Kier molecular flexibility index (Phi) is 3.04. The predicted molar refractivity (Wildman–Crippen MR) is 50.7 cm³/mol.